The van der Waals surface area contributed by atoms with Crippen LogP contribution in [0, 0.1) is 11.7 Å². The van der Waals surface area contributed by atoms with Crippen molar-refractivity contribution in [2.24, 2.45) is 5.92 Å². The third kappa shape index (κ3) is 5.60. The van der Waals surface area contributed by atoms with Crippen molar-refractivity contribution in [2.75, 3.05) is 13.2 Å². The van der Waals surface area contributed by atoms with Gasteiger partial charge in [-0.05, 0) is 42.9 Å². The number of ether oxygens (including phenoxy) is 1. The molecule has 1 aliphatic rings. The van der Waals surface area contributed by atoms with E-state index in [9.17, 15) is 14.0 Å². The highest BCUT2D eigenvalue weighted by atomic mass is 19.1. The molecule has 1 aliphatic heterocycles. The van der Waals surface area contributed by atoms with Crippen LogP contribution in [0.15, 0.2) is 24.3 Å². The van der Waals surface area contributed by atoms with Crippen LogP contribution in [0.3, 0.4) is 0 Å². The summed E-state index contributed by atoms with van der Waals surface area (Å²) in [6, 6.07) is 6.35. The van der Waals surface area contributed by atoms with Gasteiger partial charge >= 0.3 is 5.97 Å². The summed E-state index contributed by atoms with van der Waals surface area (Å²) >= 11 is 0. The number of aliphatic carboxylic acids is 1. The molecule has 0 bridgehead atoms. The van der Waals surface area contributed by atoms with Crippen LogP contribution in [0.25, 0.3) is 0 Å². The minimum Gasteiger partial charge on any atom is -0.481 e. The maximum absolute atomic E-state index is 13.2. The summed E-state index contributed by atoms with van der Waals surface area (Å²) in [4.78, 5) is 23.5. The quantitative estimate of drug-likeness (QED) is 0.802. The Labute approximate surface area is 141 Å². The van der Waals surface area contributed by atoms with Gasteiger partial charge in [0.1, 0.15) is 5.82 Å². The lowest BCUT2D eigenvalue weighted by Crippen LogP contribution is -2.53. The molecule has 0 saturated carbocycles. The molecule has 1 amide bonds. The molecule has 2 rings (SSSR count). The summed E-state index contributed by atoms with van der Waals surface area (Å²) in [5, 5.41) is 12.0. The van der Waals surface area contributed by atoms with Crippen LogP contribution < -0.4 is 5.32 Å². The average Bonchev–Trinajstić information content (AvgIpc) is 2.46. The standard InChI is InChI=1S/C18H24FNO4/c1-13(9-14-3-2-4-15(19)11-14)10-16(21)20-18(12-17(22)23)5-7-24-8-6-18/h2-4,11,13H,5-10,12H2,1H3,(H,20,21)(H,22,23). The lowest BCUT2D eigenvalue weighted by Gasteiger charge is -2.37. The Morgan fingerprint density at radius 2 is 2.08 bits per heavy atom. The molecule has 6 heteroatoms. The zero-order valence-corrected chi connectivity index (χ0v) is 13.9. The van der Waals surface area contributed by atoms with E-state index in [4.69, 9.17) is 9.84 Å². The van der Waals surface area contributed by atoms with E-state index in [2.05, 4.69) is 5.32 Å². The van der Waals surface area contributed by atoms with Crippen LogP contribution in [-0.2, 0) is 20.7 Å². The van der Waals surface area contributed by atoms with Crippen molar-refractivity contribution in [3.8, 4) is 0 Å². The molecule has 1 heterocycles. The van der Waals surface area contributed by atoms with Crippen LogP contribution in [0.2, 0.25) is 0 Å². The maximum Gasteiger partial charge on any atom is 0.305 e. The summed E-state index contributed by atoms with van der Waals surface area (Å²) in [7, 11) is 0. The lowest BCUT2D eigenvalue weighted by molar-refractivity contribution is -0.140. The molecule has 0 spiro atoms. The number of rotatable bonds is 7. The molecule has 0 aromatic heterocycles. The van der Waals surface area contributed by atoms with Gasteiger partial charge in [0.05, 0.1) is 12.0 Å². The first kappa shape index (κ1) is 18.4. The summed E-state index contributed by atoms with van der Waals surface area (Å²) < 4.78 is 18.5. The molecular weight excluding hydrogens is 313 g/mol. The number of hydrogen-bond acceptors (Lipinski definition) is 3. The van der Waals surface area contributed by atoms with Crippen molar-refractivity contribution in [1.29, 1.82) is 0 Å². The molecule has 5 nitrogen and oxygen atoms in total. The second-order valence-corrected chi connectivity index (χ2v) is 6.65. The SMILES string of the molecule is CC(CC(=O)NC1(CC(=O)O)CCOCC1)Cc1cccc(F)c1. The Kier molecular flexibility index (Phi) is 6.31. The van der Waals surface area contributed by atoms with Gasteiger partial charge in [-0.15, -0.1) is 0 Å². The van der Waals surface area contributed by atoms with Crippen molar-refractivity contribution in [1.82, 2.24) is 5.32 Å². The number of carboxylic acids is 1. The second kappa shape index (κ2) is 8.24. The number of hydrogen-bond donors (Lipinski definition) is 2. The third-order valence-electron chi connectivity index (χ3n) is 4.35. The molecule has 24 heavy (non-hydrogen) atoms. The Balaban J connectivity index is 1.91. The van der Waals surface area contributed by atoms with Crippen molar-refractivity contribution >= 4 is 11.9 Å². The second-order valence-electron chi connectivity index (χ2n) is 6.65. The molecule has 0 aliphatic carbocycles. The molecule has 1 atom stereocenters. The van der Waals surface area contributed by atoms with Crippen molar-refractivity contribution in [3.05, 3.63) is 35.6 Å². The smallest absolute Gasteiger partial charge is 0.305 e. The predicted molar refractivity (Wildman–Crippen MR) is 87.1 cm³/mol. The first-order chi connectivity index (χ1) is 11.4. The summed E-state index contributed by atoms with van der Waals surface area (Å²) in [5.41, 5.74) is 0.126. The first-order valence-electron chi connectivity index (χ1n) is 8.23. The van der Waals surface area contributed by atoms with Crippen molar-refractivity contribution < 1.29 is 23.8 Å². The average molecular weight is 337 g/mol. The molecule has 1 fully saturated rings. The molecule has 0 radical (unpaired) electrons. The van der Waals surface area contributed by atoms with E-state index in [1.54, 1.807) is 6.07 Å². The molecule has 1 unspecified atom stereocenters. The van der Waals surface area contributed by atoms with E-state index in [-0.39, 0.29) is 30.5 Å². The summed E-state index contributed by atoms with van der Waals surface area (Å²) in [6.45, 7) is 2.83. The van der Waals surface area contributed by atoms with E-state index >= 15 is 0 Å². The van der Waals surface area contributed by atoms with Crippen LogP contribution in [0.5, 0.6) is 0 Å². The summed E-state index contributed by atoms with van der Waals surface area (Å²) in [6.07, 6.45) is 1.78. The monoisotopic (exact) mass is 337 g/mol. The Morgan fingerprint density at radius 1 is 1.38 bits per heavy atom. The van der Waals surface area contributed by atoms with Crippen LogP contribution >= 0.6 is 0 Å². The van der Waals surface area contributed by atoms with Gasteiger partial charge < -0.3 is 15.2 Å². The summed E-state index contributed by atoms with van der Waals surface area (Å²) in [5.74, 6) is -1.34. The number of halogens is 1. The number of carbonyl (C=O) groups excluding carboxylic acids is 1. The van der Waals surface area contributed by atoms with Crippen molar-refractivity contribution in [3.63, 3.8) is 0 Å². The number of carboxylic acid groups (broad SMARTS) is 1. The maximum atomic E-state index is 13.2. The van der Waals surface area contributed by atoms with Gasteiger partial charge in [-0.1, -0.05) is 19.1 Å². The highest BCUT2D eigenvalue weighted by molar-refractivity contribution is 5.78. The normalized spacial score (nSPS) is 17.9. The molecule has 1 aromatic rings. The van der Waals surface area contributed by atoms with Gasteiger partial charge in [-0.25, -0.2) is 4.39 Å². The van der Waals surface area contributed by atoms with Gasteiger partial charge in [-0.2, -0.15) is 0 Å². The van der Waals surface area contributed by atoms with E-state index < -0.39 is 11.5 Å². The fourth-order valence-electron chi connectivity index (χ4n) is 3.20. The topological polar surface area (TPSA) is 75.6 Å². The van der Waals surface area contributed by atoms with Crippen LogP contribution in [0.4, 0.5) is 4.39 Å². The van der Waals surface area contributed by atoms with Gasteiger partial charge in [0, 0.05) is 19.6 Å². The third-order valence-corrected chi connectivity index (χ3v) is 4.35. The highest BCUT2D eigenvalue weighted by Crippen LogP contribution is 2.25. The van der Waals surface area contributed by atoms with Gasteiger partial charge in [0.2, 0.25) is 5.91 Å². The fraction of sp³-hybridized carbons (Fsp3) is 0.556. The van der Waals surface area contributed by atoms with Crippen LogP contribution in [-0.4, -0.2) is 35.7 Å². The Morgan fingerprint density at radius 3 is 2.71 bits per heavy atom. The van der Waals surface area contributed by atoms with E-state index in [0.717, 1.165) is 5.56 Å². The lowest BCUT2D eigenvalue weighted by atomic mass is 9.86. The van der Waals surface area contributed by atoms with Crippen LogP contribution in [0.1, 0.15) is 38.2 Å². The minimum absolute atomic E-state index is 0.0357. The highest BCUT2D eigenvalue weighted by Gasteiger charge is 2.36. The number of carbonyl (C=O) groups is 2. The molecular formula is C18H24FNO4. The predicted octanol–water partition coefficient (Wildman–Crippen LogP) is 2.53. The molecule has 132 valence electrons. The van der Waals surface area contributed by atoms with Crippen molar-refractivity contribution in [2.45, 2.75) is 44.6 Å². The fourth-order valence-corrected chi connectivity index (χ4v) is 3.20. The Bertz CT molecular complexity index is 584. The molecule has 1 saturated heterocycles. The number of nitrogens with one attached hydrogen (secondary N) is 1. The zero-order chi connectivity index (χ0) is 17.6. The Hall–Kier alpha value is -1.95. The largest absolute Gasteiger partial charge is 0.481 e. The van der Waals surface area contributed by atoms with E-state index in [1.807, 2.05) is 13.0 Å². The molecule has 2 N–H and O–H groups in total. The van der Waals surface area contributed by atoms with Gasteiger partial charge in [0.15, 0.2) is 0 Å². The van der Waals surface area contributed by atoms with E-state index in [0.29, 0.717) is 32.5 Å². The number of amides is 1. The number of benzene rings is 1. The first-order valence-corrected chi connectivity index (χ1v) is 8.23. The molecule has 1 aromatic carbocycles. The van der Waals surface area contributed by atoms with E-state index in [1.165, 1.54) is 12.1 Å². The minimum atomic E-state index is -0.926. The zero-order valence-electron chi connectivity index (χ0n) is 13.9. The van der Waals surface area contributed by atoms with Gasteiger partial charge in [0.25, 0.3) is 0 Å². The van der Waals surface area contributed by atoms with Gasteiger partial charge in [-0.3, -0.25) is 9.59 Å².